The van der Waals surface area contributed by atoms with Gasteiger partial charge in [0.2, 0.25) is 11.8 Å². The van der Waals surface area contributed by atoms with Crippen molar-refractivity contribution in [2.24, 2.45) is 0 Å². The summed E-state index contributed by atoms with van der Waals surface area (Å²) in [6.45, 7) is 1.99. The van der Waals surface area contributed by atoms with E-state index in [1.807, 2.05) is 6.92 Å². The van der Waals surface area contributed by atoms with Crippen LogP contribution in [0.2, 0.25) is 5.02 Å². The number of halogens is 1. The van der Waals surface area contributed by atoms with Crippen molar-refractivity contribution in [2.45, 2.75) is 13.0 Å². The monoisotopic (exact) mass is 268 g/mol. The van der Waals surface area contributed by atoms with Gasteiger partial charge in [-0.2, -0.15) is 0 Å². The average Bonchev–Trinajstić information content (AvgIpc) is 2.35. The Labute approximate surface area is 109 Å². The molecule has 0 spiro atoms. The van der Waals surface area contributed by atoms with Gasteiger partial charge in [-0.05, 0) is 24.6 Å². The summed E-state index contributed by atoms with van der Waals surface area (Å²) in [6, 6.07) is 4.59. The molecule has 1 fully saturated rings. The highest BCUT2D eigenvalue weighted by molar-refractivity contribution is 6.31. The van der Waals surface area contributed by atoms with Crippen molar-refractivity contribution in [3.8, 4) is 0 Å². The average molecular weight is 269 g/mol. The molecule has 18 heavy (non-hydrogen) atoms. The molecule has 0 bridgehead atoms. The molecule has 0 aliphatic carbocycles. The highest BCUT2D eigenvalue weighted by Crippen LogP contribution is 2.23. The summed E-state index contributed by atoms with van der Waals surface area (Å²) in [5.74, 6) is -0.599. The molecule has 0 saturated carbocycles. The fourth-order valence-corrected chi connectivity index (χ4v) is 1.83. The van der Waals surface area contributed by atoms with Gasteiger partial charge in [0.1, 0.15) is 12.6 Å². The first-order chi connectivity index (χ1) is 8.58. The lowest BCUT2D eigenvalue weighted by atomic mass is 10.2. The van der Waals surface area contributed by atoms with E-state index >= 15 is 0 Å². The van der Waals surface area contributed by atoms with Crippen LogP contribution in [0.15, 0.2) is 18.2 Å². The van der Waals surface area contributed by atoms with E-state index in [2.05, 4.69) is 10.6 Å². The molecule has 6 heteroatoms. The molecule has 1 atom stereocenters. The fourth-order valence-electron chi connectivity index (χ4n) is 1.65. The maximum atomic E-state index is 11.9. The normalized spacial score (nSPS) is 19.2. The molecule has 1 aromatic carbocycles. The largest absolute Gasteiger partial charge is 0.369 e. The topological polar surface area (TPSA) is 67.4 Å². The lowest BCUT2D eigenvalue weighted by Crippen LogP contribution is -2.52. The first-order valence-electron chi connectivity index (χ1n) is 5.51. The number of benzene rings is 1. The standard InChI is InChI=1S/C12H13ClN2O3/c1-7-8(13)3-2-4-9(7)15-12(17)10-5-18-6-11(16)14-10/h2-4,10H,5-6H2,1H3,(H,14,16)(H,15,17). The first-order valence-corrected chi connectivity index (χ1v) is 5.89. The van der Waals surface area contributed by atoms with Gasteiger partial charge in [-0.1, -0.05) is 17.7 Å². The minimum atomic E-state index is -0.662. The second kappa shape index (κ2) is 5.37. The Hall–Kier alpha value is -1.59. The number of nitrogens with one attached hydrogen (secondary N) is 2. The quantitative estimate of drug-likeness (QED) is 0.844. The Morgan fingerprint density at radius 3 is 3.06 bits per heavy atom. The number of ether oxygens (including phenoxy) is 1. The van der Waals surface area contributed by atoms with Gasteiger partial charge in [-0.3, -0.25) is 9.59 Å². The molecular weight excluding hydrogens is 256 g/mol. The highest BCUT2D eigenvalue weighted by Gasteiger charge is 2.25. The van der Waals surface area contributed by atoms with E-state index in [0.29, 0.717) is 10.7 Å². The molecule has 1 aliphatic heterocycles. The molecule has 1 aliphatic rings. The third-order valence-corrected chi connectivity index (χ3v) is 3.10. The number of morpholine rings is 1. The molecule has 96 valence electrons. The van der Waals surface area contributed by atoms with Crippen LogP contribution in [0.1, 0.15) is 5.56 Å². The van der Waals surface area contributed by atoms with Gasteiger partial charge in [0.05, 0.1) is 6.61 Å². The van der Waals surface area contributed by atoms with Crippen LogP contribution >= 0.6 is 11.6 Å². The maximum absolute atomic E-state index is 11.9. The van der Waals surface area contributed by atoms with Crippen molar-refractivity contribution in [3.63, 3.8) is 0 Å². The summed E-state index contributed by atoms with van der Waals surface area (Å²) in [7, 11) is 0. The van der Waals surface area contributed by atoms with Crippen LogP contribution in [0.4, 0.5) is 5.69 Å². The Bertz CT molecular complexity index is 490. The van der Waals surface area contributed by atoms with E-state index in [4.69, 9.17) is 16.3 Å². The Morgan fingerprint density at radius 1 is 1.56 bits per heavy atom. The third-order valence-electron chi connectivity index (χ3n) is 2.69. The van der Waals surface area contributed by atoms with Gasteiger partial charge in [0.25, 0.3) is 0 Å². The number of amides is 2. The Morgan fingerprint density at radius 2 is 2.33 bits per heavy atom. The SMILES string of the molecule is Cc1c(Cl)cccc1NC(=O)C1COCC(=O)N1. The Balaban J connectivity index is 2.07. The van der Waals surface area contributed by atoms with Gasteiger partial charge in [-0.15, -0.1) is 0 Å². The molecule has 1 heterocycles. The van der Waals surface area contributed by atoms with Gasteiger partial charge < -0.3 is 15.4 Å². The van der Waals surface area contributed by atoms with E-state index in [1.54, 1.807) is 18.2 Å². The van der Waals surface area contributed by atoms with Gasteiger partial charge >= 0.3 is 0 Å². The first kappa shape index (κ1) is 12.9. The summed E-state index contributed by atoms with van der Waals surface area (Å²) in [5, 5.41) is 5.86. The molecule has 1 aromatic rings. The lowest BCUT2D eigenvalue weighted by Gasteiger charge is -2.23. The molecule has 2 rings (SSSR count). The van der Waals surface area contributed by atoms with Gasteiger partial charge in [-0.25, -0.2) is 0 Å². The van der Waals surface area contributed by atoms with Crippen molar-refractivity contribution >= 4 is 29.1 Å². The minimum absolute atomic E-state index is 0.0000269. The van der Waals surface area contributed by atoms with Crippen LogP contribution in [-0.2, 0) is 14.3 Å². The lowest BCUT2D eigenvalue weighted by molar-refractivity contribution is -0.136. The second-order valence-corrected chi connectivity index (χ2v) is 4.44. The molecular formula is C12H13ClN2O3. The van der Waals surface area contributed by atoms with Crippen LogP contribution in [0.3, 0.4) is 0 Å². The smallest absolute Gasteiger partial charge is 0.249 e. The van der Waals surface area contributed by atoms with Crippen LogP contribution in [0.5, 0.6) is 0 Å². The van der Waals surface area contributed by atoms with E-state index in [-0.39, 0.29) is 25.0 Å². The summed E-state index contributed by atoms with van der Waals surface area (Å²) >= 11 is 5.96. The predicted octanol–water partition coefficient (Wildman–Crippen LogP) is 1.10. The molecule has 2 N–H and O–H groups in total. The summed E-state index contributed by atoms with van der Waals surface area (Å²) in [4.78, 5) is 23.0. The number of hydrogen-bond donors (Lipinski definition) is 2. The third kappa shape index (κ3) is 2.80. The van der Waals surface area contributed by atoms with Crippen LogP contribution < -0.4 is 10.6 Å². The fraction of sp³-hybridized carbons (Fsp3) is 0.333. The van der Waals surface area contributed by atoms with Crippen LogP contribution in [0, 0.1) is 6.92 Å². The van der Waals surface area contributed by atoms with E-state index in [0.717, 1.165) is 5.56 Å². The van der Waals surface area contributed by atoms with E-state index in [9.17, 15) is 9.59 Å². The Kier molecular flexibility index (Phi) is 3.84. The van der Waals surface area contributed by atoms with Gasteiger partial charge in [0, 0.05) is 10.7 Å². The zero-order valence-electron chi connectivity index (χ0n) is 9.83. The van der Waals surface area contributed by atoms with Crippen LogP contribution in [0.25, 0.3) is 0 Å². The zero-order valence-corrected chi connectivity index (χ0v) is 10.6. The molecule has 1 saturated heterocycles. The number of rotatable bonds is 2. The summed E-state index contributed by atoms with van der Waals surface area (Å²) in [5.41, 5.74) is 1.42. The van der Waals surface area contributed by atoms with Gasteiger partial charge in [0.15, 0.2) is 0 Å². The van der Waals surface area contributed by atoms with Crippen molar-refractivity contribution in [2.75, 3.05) is 18.5 Å². The maximum Gasteiger partial charge on any atom is 0.249 e. The number of carbonyl (C=O) groups is 2. The van der Waals surface area contributed by atoms with Crippen molar-refractivity contribution in [1.82, 2.24) is 5.32 Å². The van der Waals surface area contributed by atoms with E-state index in [1.165, 1.54) is 0 Å². The molecule has 0 aromatic heterocycles. The van der Waals surface area contributed by atoms with Crippen LogP contribution in [-0.4, -0.2) is 31.1 Å². The number of carbonyl (C=O) groups excluding carboxylic acids is 2. The highest BCUT2D eigenvalue weighted by atomic mass is 35.5. The van der Waals surface area contributed by atoms with Crippen molar-refractivity contribution in [1.29, 1.82) is 0 Å². The summed E-state index contributed by atoms with van der Waals surface area (Å²) in [6.07, 6.45) is 0. The zero-order chi connectivity index (χ0) is 13.1. The van der Waals surface area contributed by atoms with Crippen molar-refractivity contribution < 1.29 is 14.3 Å². The minimum Gasteiger partial charge on any atom is -0.369 e. The molecule has 2 amide bonds. The van der Waals surface area contributed by atoms with E-state index < -0.39 is 6.04 Å². The van der Waals surface area contributed by atoms with Crippen molar-refractivity contribution in [3.05, 3.63) is 28.8 Å². The molecule has 0 radical (unpaired) electrons. The summed E-state index contributed by atoms with van der Waals surface area (Å²) < 4.78 is 5.01. The second-order valence-electron chi connectivity index (χ2n) is 4.04. The predicted molar refractivity (Wildman–Crippen MR) is 67.6 cm³/mol. The number of anilines is 1. The molecule has 5 nitrogen and oxygen atoms in total. The number of hydrogen-bond acceptors (Lipinski definition) is 3. The molecule has 1 unspecified atom stereocenters.